The highest BCUT2D eigenvalue weighted by Gasteiger charge is 2.14. The molecule has 1 amide bonds. The van der Waals surface area contributed by atoms with Crippen molar-refractivity contribution in [3.63, 3.8) is 0 Å². The number of aromatic nitrogens is 2. The first-order valence-electron chi connectivity index (χ1n) is 9.98. The second kappa shape index (κ2) is 8.33. The molecule has 0 aliphatic heterocycles. The topological polar surface area (TPSA) is 64.0 Å². The number of fused-ring (bicyclic) bond motifs is 1. The van der Waals surface area contributed by atoms with Crippen LogP contribution < -0.4 is 11.0 Å². The lowest BCUT2D eigenvalue weighted by atomic mass is 10.0. The van der Waals surface area contributed by atoms with E-state index in [-0.39, 0.29) is 12.5 Å². The molecular weight excluding hydrogens is 374 g/mol. The highest BCUT2D eigenvalue weighted by molar-refractivity contribution is 5.95. The van der Waals surface area contributed by atoms with Gasteiger partial charge in [0.1, 0.15) is 6.54 Å². The molecule has 0 spiro atoms. The van der Waals surface area contributed by atoms with Gasteiger partial charge in [0.15, 0.2) is 0 Å². The predicted octanol–water partition coefficient (Wildman–Crippen LogP) is 4.83. The summed E-state index contributed by atoms with van der Waals surface area (Å²) < 4.78 is 1.42. The van der Waals surface area contributed by atoms with Crippen LogP contribution in [0.5, 0.6) is 0 Å². The van der Waals surface area contributed by atoms with Crippen LogP contribution in [-0.2, 0) is 11.3 Å². The summed E-state index contributed by atoms with van der Waals surface area (Å²) in [5.41, 5.74) is 3.64. The molecule has 4 rings (SSSR count). The zero-order chi connectivity index (χ0) is 21.1. The van der Waals surface area contributed by atoms with E-state index in [9.17, 15) is 9.59 Å². The molecule has 0 aliphatic carbocycles. The van der Waals surface area contributed by atoms with Gasteiger partial charge >= 0.3 is 5.69 Å². The van der Waals surface area contributed by atoms with Gasteiger partial charge in [0.2, 0.25) is 5.91 Å². The zero-order valence-electron chi connectivity index (χ0n) is 17.0. The van der Waals surface area contributed by atoms with E-state index in [1.165, 1.54) is 10.1 Å². The third-order valence-electron chi connectivity index (χ3n) is 5.10. The van der Waals surface area contributed by atoms with Gasteiger partial charge in [0.05, 0.1) is 11.2 Å². The minimum Gasteiger partial charge on any atom is -0.325 e. The SMILES string of the molecule is CC(C)c1ccc(NC(=O)Cn2c(=O)nc(-c3ccccc3)c3ccccc32)cc1. The maximum absolute atomic E-state index is 12.8. The largest absolute Gasteiger partial charge is 0.349 e. The molecule has 0 fully saturated rings. The van der Waals surface area contributed by atoms with Crippen LogP contribution in [0.15, 0.2) is 83.7 Å². The first-order valence-corrected chi connectivity index (χ1v) is 9.98. The fourth-order valence-electron chi connectivity index (χ4n) is 3.49. The van der Waals surface area contributed by atoms with Crippen molar-refractivity contribution in [1.82, 2.24) is 9.55 Å². The molecule has 0 saturated heterocycles. The summed E-state index contributed by atoms with van der Waals surface area (Å²) in [6.07, 6.45) is 0. The summed E-state index contributed by atoms with van der Waals surface area (Å²) in [6, 6.07) is 24.9. The molecule has 0 saturated carbocycles. The minimum absolute atomic E-state index is 0.104. The number of nitrogens with one attached hydrogen (secondary N) is 1. The van der Waals surface area contributed by atoms with Crippen molar-refractivity contribution in [2.24, 2.45) is 0 Å². The second-order valence-electron chi connectivity index (χ2n) is 7.54. The van der Waals surface area contributed by atoms with Crippen LogP contribution in [0, 0.1) is 0 Å². The van der Waals surface area contributed by atoms with Crippen molar-refractivity contribution < 1.29 is 4.79 Å². The van der Waals surface area contributed by atoms with E-state index >= 15 is 0 Å². The molecule has 0 radical (unpaired) electrons. The molecule has 1 aromatic heterocycles. The fourth-order valence-corrected chi connectivity index (χ4v) is 3.49. The molecule has 5 nitrogen and oxygen atoms in total. The number of rotatable bonds is 5. The Morgan fingerprint density at radius 2 is 1.60 bits per heavy atom. The molecular formula is C25H23N3O2. The van der Waals surface area contributed by atoms with Crippen molar-refractivity contribution >= 4 is 22.5 Å². The lowest BCUT2D eigenvalue weighted by Crippen LogP contribution is -2.30. The van der Waals surface area contributed by atoms with Crippen LogP contribution in [0.4, 0.5) is 5.69 Å². The van der Waals surface area contributed by atoms with Crippen molar-refractivity contribution in [3.05, 3.63) is 94.9 Å². The Morgan fingerprint density at radius 1 is 0.933 bits per heavy atom. The average molecular weight is 397 g/mol. The summed E-state index contributed by atoms with van der Waals surface area (Å²) in [6.45, 7) is 4.14. The molecule has 4 aromatic rings. The van der Waals surface area contributed by atoms with Crippen molar-refractivity contribution in [3.8, 4) is 11.3 Å². The van der Waals surface area contributed by atoms with Crippen LogP contribution in [0.2, 0.25) is 0 Å². The molecule has 1 heterocycles. The van der Waals surface area contributed by atoms with Gasteiger partial charge in [-0.1, -0.05) is 74.5 Å². The van der Waals surface area contributed by atoms with Crippen LogP contribution in [-0.4, -0.2) is 15.5 Å². The third kappa shape index (κ3) is 4.01. The van der Waals surface area contributed by atoms with Gasteiger partial charge in [-0.15, -0.1) is 0 Å². The summed E-state index contributed by atoms with van der Waals surface area (Å²) in [4.78, 5) is 29.7. The summed E-state index contributed by atoms with van der Waals surface area (Å²) >= 11 is 0. The van der Waals surface area contributed by atoms with Crippen molar-refractivity contribution in [1.29, 1.82) is 0 Å². The van der Waals surface area contributed by atoms with Crippen LogP contribution in [0.25, 0.3) is 22.2 Å². The molecule has 5 heteroatoms. The number of benzene rings is 3. The van der Waals surface area contributed by atoms with Gasteiger partial charge in [-0.25, -0.2) is 4.79 Å². The number of carbonyl (C=O) groups is 1. The van der Waals surface area contributed by atoms with E-state index in [1.807, 2.05) is 78.9 Å². The maximum atomic E-state index is 12.8. The lowest BCUT2D eigenvalue weighted by Gasteiger charge is -2.13. The minimum atomic E-state index is -0.446. The molecule has 0 bridgehead atoms. The van der Waals surface area contributed by atoms with Gasteiger partial charge in [-0.2, -0.15) is 4.98 Å². The first kappa shape index (κ1) is 19.6. The molecule has 0 atom stereocenters. The highest BCUT2D eigenvalue weighted by atomic mass is 16.2. The number of carbonyl (C=O) groups excluding carboxylic acids is 1. The molecule has 30 heavy (non-hydrogen) atoms. The van der Waals surface area contributed by atoms with E-state index in [1.54, 1.807) is 0 Å². The predicted molar refractivity (Wildman–Crippen MR) is 121 cm³/mol. The Kier molecular flexibility index (Phi) is 5.44. The van der Waals surface area contributed by atoms with E-state index < -0.39 is 5.69 Å². The number of hydrogen-bond acceptors (Lipinski definition) is 3. The maximum Gasteiger partial charge on any atom is 0.349 e. The van der Waals surface area contributed by atoms with Gasteiger partial charge < -0.3 is 5.32 Å². The van der Waals surface area contributed by atoms with Crippen LogP contribution >= 0.6 is 0 Å². The quantitative estimate of drug-likeness (QED) is 0.525. The van der Waals surface area contributed by atoms with E-state index in [0.29, 0.717) is 22.8 Å². The van der Waals surface area contributed by atoms with E-state index in [4.69, 9.17) is 0 Å². The third-order valence-corrected chi connectivity index (χ3v) is 5.10. The van der Waals surface area contributed by atoms with Gasteiger partial charge in [-0.3, -0.25) is 9.36 Å². The van der Waals surface area contributed by atoms with E-state index in [2.05, 4.69) is 24.1 Å². The summed E-state index contributed by atoms with van der Waals surface area (Å²) in [5, 5.41) is 3.70. The Bertz CT molecular complexity index is 1240. The second-order valence-corrected chi connectivity index (χ2v) is 7.54. The Hall–Kier alpha value is -3.73. The number of amides is 1. The molecule has 1 N–H and O–H groups in total. The van der Waals surface area contributed by atoms with Gasteiger partial charge in [0, 0.05) is 16.6 Å². The Labute approximate surface area is 175 Å². The smallest absolute Gasteiger partial charge is 0.325 e. The number of hydrogen-bond donors (Lipinski definition) is 1. The standard InChI is InChI=1S/C25H23N3O2/c1-17(2)18-12-14-20(15-13-18)26-23(29)16-28-22-11-7-6-10-21(22)24(27-25(28)30)19-8-4-3-5-9-19/h3-15,17H,16H2,1-2H3,(H,26,29). The Morgan fingerprint density at radius 3 is 2.30 bits per heavy atom. The zero-order valence-corrected chi connectivity index (χ0v) is 17.0. The molecule has 3 aromatic carbocycles. The molecule has 150 valence electrons. The van der Waals surface area contributed by atoms with Gasteiger partial charge in [0.25, 0.3) is 0 Å². The highest BCUT2D eigenvalue weighted by Crippen LogP contribution is 2.25. The first-order chi connectivity index (χ1) is 14.5. The summed E-state index contributed by atoms with van der Waals surface area (Å²) in [5.74, 6) is 0.155. The monoisotopic (exact) mass is 397 g/mol. The van der Waals surface area contributed by atoms with Gasteiger partial charge in [-0.05, 0) is 29.7 Å². The average Bonchev–Trinajstić information content (AvgIpc) is 2.76. The lowest BCUT2D eigenvalue weighted by molar-refractivity contribution is -0.116. The number of anilines is 1. The normalized spacial score (nSPS) is 11.0. The fraction of sp³-hybridized carbons (Fsp3) is 0.160. The number of para-hydroxylation sites is 1. The van der Waals surface area contributed by atoms with Crippen molar-refractivity contribution in [2.45, 2.75) is 26.3 Å². The molecule has 0 aliphatic rings. The number of nitrogens with zero attached hydrogens (tertiary/aromatic N) is 2. The Balaban J connectivity index is 1.65. The van der Waals surface area contributed by atoms with Crippen molar-refractivity contribution in [2.75, 3.05) is 5.32 Å². The van der Waals surface area contributed by atoms with Crippen LogP contribution in [0.1, 0.15) is 25.3 Å². The van der Waals surface area contributed by atoms with E-state index in [0.717, 1.165) is 10.9 Å². The molecule has 0 unspecified atom stereocenters. The summed E-state index contributed by atoms with van der Waals surface area (Å²) in [7, 11) is 0. The van der Waals surface area contributed by atoms with Crippen LogP contribution in [0.3, 0.4) is 0 Å².